The minimum atomic E-state index is 0.117. The third-order valence-corrected chi connectivity index (χ3v) is 9.21. The Balaban J connectivity index is 1.40. The first-order valence-electron chi connectivity index (χ1n) is 14.9. The van der Waals surface area contributed by atoms with Gasteiger partial charge in [-0.05, 0) is 67.8 Å². The largest absolute Gasteiger partial charge is 0.289 e. The fourth-order valence-electron chi connectivity index (χ4n) is 7.25. The average Bonchev–Trinajstić information content (AvgIpc) is 3.06. The minimum absolute atomic E-state index is 0.117. The normalized spacial score (nSPS) is 17.2. The molecule has 0 spiro atoms. The van der Waals surface area contributed by atoms with Crippen LogP contribution in [0.2, 0.25) is 0 Å². The van der Waals surface area contributed by atoms with E-state index in [1.54, 1.807) is 0 Å². The first kappa shape index (κ1) is 24.8. The quantitative estimate of drug-likeness (QED) is 0.204. The zero-order valence-corrected chi connectivity index (χ0v) is 23.3. The molecule has 0 aromatic heterocycles. The van der Waals surface area contributed by atoms with Gasteiger partial charge in [0.15, 0.2) is 5.78 Å². The molecule has 6 aromatic rings. The summed E-state index contributed by atoms with van der Waals surface area (Å²) in [6.45, 7) is 0. The van der Waals surface area contributed by atoms with Crippen LogP contribution >= 0.6 is 0 Å². The van der Waals surface area contributed by atoms with Gasteiger partial charge < -0.3 is 0 Å². The summed E-state index contributed by atoms with van der Waals surface area (Å²) < 4.78 is 0. The molecule has 0 amide bonds. The molecule has 8 rings (SSSR count). The lowest BCUT2D eigenvalue weighted by atomic mass is 9.75. The molecular formula is C41H30O. The Bertz CT molecular complexity index is 1930. The maximum Gasteiger partial charge on any atom is 0.194 e. The van der Waals surface area contributed by atoms with Crippen LogP contribution in [-0.4, -0.2) is 5.78 Å². The topological polar surface area (TPSA) is 17.1 Å². The molecule has 6 aromatic carbocycles. The number of ketones is 1. The van der Waals surface area contributed by atoms with Crippen molar-refractivity contribution in [2.24, 2.45) is 0 Å². The minimum Gasteiger partial charge on any atom is -0.289 e. The molecule has 42 heavy (non-hydrogen) atoms. The van der Waals surface area contributed by atoms with Gasteiger partial charge in [0, 0.05) is 23.0 Å². The van der Waals surface area contributed by atoms with Crippen molar-refractivity contribution in [3.8, 4) is 0 Å². The van der Waals surface area contributed by atoms with E-state index >= 15 is 4.79 Å². The molecule has 0 aliphatic heterocycles. The fraction of sp³-hybridized carbons (Fsp3) is 0.0976. The van der Waals surface area contributed by atoms with E-state index in [0.29, 0.717) is 0 Å². The summed E-state index contributed by atoms with van der Waals surface area (Å²) in [5.41, 5.74) is 8.92. The highest BCUT2D eigenvalue weighted by molar-refractivity contribution is 6.23. The first-order chi connectivity index (χ1) is 20.8. The van der Waals surface area contributed by atoms with Crippen LogP contribution in [0.15, 0.2) is 133 Å². The summed E-state index contributed by atoms with van der Waals surface area (Å²) in [4.78, 5) is 15.4. The molecule has 2 aliphatic rings. The van der Waals surface area contributed by atoms with Crippen molar-refractivity contribution >= 4 is 39.5 Å². The molecule has 0 radical (unpaired) electrons. The van der Waals surface area contributed by atoms with Crippen molar-refractivity contribution < 1.29 is 4.79 Å². The third kappa shape index (κ3) is 3.96. The van der Waals surface area contributed by atoms with Gasteiger partial charge in [0.25, 0.3) is 0 Å². The number of fused-ring (bicyclic) bond motifs is 4. The second-order valence-corrected chi connectivity index (χ2v) is 11.5. The number of carbonyl (C=O) groups excluding carboxylic acids is 1. The predicted molar refractivity (Wildman–Crippen MR) is 175 cm³/mol. The summed E-state index contributed by atoms with van der Waals surface area (Å²) in [7, 11) is 0. The van der Waals surface area contributed by atoms with Crippen LogP contribution in [0.1, 0.15) is 74.0 Å². The highest BCUT2D eigenvalue weighted by Gasteiger charge is 2.30. The third-order valence-electron chi connectivity index (χ3n) is 9.21. The number of hydrogen-bond donors (Lipinski definition) is 0. The van der Waals surface area contributed by atoms with Gasteiger partial charge in [-0.25, -0.2) is 0 Å². The molecule has 1 nitrogen and oxygen atoms in total. The molecule has 0 saturated carbocycles. The molecule has 2 aliphatic carbocycles. The number of benzene rings is 6. The Morgan fingerprint density at radius 2 is 0.881 bits per heavy atom. The SMILES string of the molecule is O=C(c1c(C2CC=Cc3ccccc32)ccc2ccccc12)c1c(C2CC=Cc3ccccc32)ccc2ccccc12. The Labute approximate surface area is 246 Å². The number of allylic oxidation sites excluding steroid dienone is 2. The van der Waals surface area contributed by atoms with E-state index in [0.717, 1.165) is 56.6 Å². The standard InChI is InChI=1S/C41H30O/c42-41(39-33-19-7-3-13-29(33)23-25-37(39)35-21-9-15-27-11-1-5-17-31(27)35)40-34-20-8-4-14-30(34)24-26-38(40)36-22-10-16-28-12-2-6-18-32(28)36/h1-20,23-26,35-36H,21-22H2. The predicted octanol–water partition coefficient (Wildman–Crippen LogP) is 10.3. The maximum absolute atomic E-state index is 15.4. The molecule has 0 heterocycles. The van der Waals surface area contributed by atoms with Crippen molar-refractivity contribution in [1.29, 1.82) is 0 Å². The molecule has 0 saturated heterocycles. The van der Waals surface area contributed by atoms with Crippen LogP contribution in [0, 0.1) is 0 Å². The highest BCUT2D eigenvalue weighted by Crippen LogP contribution is 2.43. The molecule has 1 heteroatoms. The van der Waals surface area contributed by atoms with Gasteiger partial charge in [0.05, 0.1) is 0 Å². The highest BCUT2D eigenvalue weighted by atomic mass is 16.1. The van der Waals surface area contributed by atoms with E-state index in [-0.39, 0.29) is 17.6 Å². The van der Waals surface area contributed by atoms with Crippen LogP contribution in [0.25, 0.3) is 33.7 Å². The summed E-state index contributed by atoms with van der Waals surface area (Å²) >= 11 is 0. The summed E-state index contributed by atoms with van der Waals surface area (Å²) in [6.07, 6.45) is 10.7. The van der Waals surface area contributed by atoms with Gasteiger partial charge in [-0.3, -0.25) is 4.79 Å². The number of hydrogen-bond acceptors (Lipinski definition) is 1. The summed E-state index contributed by atoms with van der Waals surface area (Å²) in [6, 6.07) is 42.7. The van der Waals surface area contributed by atoms with E-state index in [2.05, 4.69) is 146 Å². The van der Waals surface area contributed by atoms with Gasteiger partial charge >= 0.3 is 0 Å². The zero-order valence-electron chi connectivity index (χ0n) is 23.3. The van der Waals surface area contributed by atoms with E-state index in [4.69, 9.17) is 0 Å². The van der Waals surface area contributed by atoms with Crippen LogP contribution in [0.3, 0.4) is 0 Å². The van der Waals surface area contributed by atoms with Crippen molar-refractivity contribution in [1.82, 2.24) is 0 Å². The number of rotatable bonds is 4. The molecular weight excluding hydrogens is 508 g/mol. The summed E-state index contributed by atoms with van der Waals surface area (Å²) in [5.74, 6) is 0.353. The molecule has 2 unspecified atom stereocenters. The van der Waals surface area contributed by atoms with Gasteiger partial charge in [-0.1, -0.05) is 146 Å². The van der Waals surface area contributed by atoms with Crippen molar-refractivity contribution in [2.75, 3.05) is 0 Å². The molecule has 0 N–H and O–H groups in total. The Morgan fingerprint density at radius 1 is 0.452 bits per heavy atom. The Hall–Kier alpha value is -5.01. The van der Waals surface area contributed by atoms with Crippen LogP contribution in [0.5, 0.6) is 0 Å². The van der Waals surface area contributed by atoms with Crippen LogP contribution < -0.4 is 0 Å². The zero-order chi connectivity index (χ0) is 28.0. The lowest BCUT2D eigenvalue weighted by Gasteiger charge is -2.27. The van der Waals surface area contributed by atoms with E-state index in [9.17, 15) is 0 Å². The lowest BCUT2D eigenvalue weighted by molar-refractivity contribution is 0.103. The first-order valence-corrected chi connectivity index (χ1v) is 14.9. The molecule has 2 atom stereocenters. The van der Waals surface area contributed by atoms with Crippen molar-refractivity contribution in [3.63, 3.8) is 0 Å². The van der Waals surface area contributed by atoms with Crippen molar-refractivity contribution in [2.45, 2.75) is 24.7 Å². The monoisotopic (exact) mass is 538 g/mol. The van der Waals surface area contributed by atoms with Crippen molar-refractivity contribution in [3.05, 3.63) is 178 Å². The number of carbonyl (C=O) groups is 1. The Kier molecular flexibility index (Phi) is 5.96. The second kappa shape index (κ2) is 10.1. The van der Waals surface area contributed by atoms with Gasteiger partial charge in [0.2, 0.25) is 0 Å². The van der Waals surface area contributed by atoms with E-state index in [1.807, 2.05) is 0 Å². The van der Waals surface area contributed by atoms with Gasteiger partial charge in [-0.15, -0.1) is 0 Å². The maximum atomic E-state index is 15.4. The summed E-state index contributed by atoms with van der Waals surface area (Å²) in [5, 5.41) is 4.23. The second-order valence-electron chi connectivity index (χ2n) is 11.5. The van der Waals surface area contributed by atoms with Crippen LogP contribution in [0.4, 0.5) is 0 Å². The average molecular weight is 539 g/mol. The Morgan fingerprint density at radius 3 is 1.38 bits per heavy atom. The molecule has 0 bridgehead atoms. The smallest absolute Gasteiger partial charge is 0.194 e. The molecule has 0 fully saturated rings. The van der Waals surface area contributed by atoms with E-state index in [1.165, 1.54) is 22.3 Å². The molecule has 200 valence electrons. The van der Waals surface area contributed by atoms with Gasteiger partial charge in [0.1, 0.15) is 0 Å². The van der Waals surface area contributed by atoms with Gasteiger partial charge in [-0.2, -0.15) is 0 Å². The lowest BCUT2D eigenvalue weighted by Crippen LogP contribution is -2.16. The van der Waals surface area contributed by atoms with Crippen LogP contribution in [-0.2, 0) is 0 Å². The van der Waals surface area contributed by atoms with E-state index < -0.39 is 0 Å². The fourth-order valence-corrected chi connectivity index (χ4v) is 7.25.